The SMILES string of the molecule is COc1ccc2cc(C3CCNCCO3)[nH]c2c1. The molecule has 0 amide bonds. The monoisotopic (exact) mass is 246 g/mol. The van der Waals surface area contributed by atoms with Crippen LogP contribution in [-0.2, 0) is 4.74 Å². The molecule has 0 aliphatic carbocycles. The Bertz CT molecular complexity index is 528. The van der Waals surface area contributed by atoms with Crippen molar-refractivity contribution in [3.05, 3.63) is 30.0 Å². The second-order valence-corrected chi connectivity index (χ2v) is 4.58. The summed E-state index contributed by atoms with van der Waals surface area (Å²) in [6, 6.07) is 8.25. The van der Waals surface area contributed by atoms with E-state index in [2.05, 4.69) is 22.4 Å². The zero-order valence-electron chi connectivity index (χ0n) is 10.5. The van der Waals surface area contributed by atoms with Crippen LogP contribution in [0.1, 0.15) is 18.2 Å². The maximum absolute atomic E-state index is 5.85. The molecular weight excluding hydrogens is 228 g/mol. The lowest BCUT2D eigenvalue weighted by atomic mass is 10.1. The van der Waals surface area contributed by atoms with Gasteiger partial charge in [-0.3, -0.25) is 0 Å². The van der Waals surface area contributed by atoms with Crippen LogP contribution >= 0.6 is 0 Å². The largest absolute Gasteiger partial charge is 0.497 e. The van der Waals surface area contributed by atoms with E-state index in [0.717, 1.165) is 43.1 Å². The fraction of sp³-hybridized carbons (Fsp3) is 0.429. The molecule has 0 saturated carbocycles. The molecule has 1 atom stereocenters. The number of rotatable bonds is 2. The molecule has 0 spiro atoms. The first-order valence-electron chi connectivity index (χ1n) is 6.36. The van der Waals surface area contributed by atoms with Crippen LogP contribution in [0.3, 0.4) is 0 Å². The zero-order valence-corrected chi connectivity index (χ0v) is 10.5. The van der Waals surface area contributed by atoms with Crippen molar-refractivity contribution in [2.24, 2.45) is 0 Å². The topological polar surface area (TPSA) is 46.3 Å². The van der Waals surface area contributed by atoms with Crippen LogP contribution in [0.4, 0.5) is 0 Å². The first-order valence-corrected chi connectivity index (χ1v) is 6.36. The van der Waals surface area contributed by atoms with Crippen LogP contribution in [0.2, 0.25) is 0 Å². The molecule has 0 bridgehead atoms. The van der Waals surface area contributed by atoms with E-state index in [1.807, 2.05) is 12.1 Å². The van der Waals surface area contributed by atoms with Gasteiger partial charge in [-0.1, -0.05) is 0 Å². The molecule has 1 unspecified atom stereocenters. The number of nitrogens with one attached hydrogen (secondary N) is 2. The Kier molecular flexibility index (Phi) is 3.21. The molecule has 4 heteroatoms. The van der Waals surface area contributed by atoms with Crippen LogP contribution in [0.25, 0.3) is 10.9 Å². The van der Waals surface area contributed by atoms with Crippen LogP contribution in [0.15, 0.2) is 24.3 Å². The molecule has 1 aromatic heterocycles. The van der Waals surface area contributed by atoms with Gasteiger partial charge in [0.05, 0.1) is 19.8 Å². The Morgan fingerprint density at radius 3 is 3.11 bits per heavy atom. The Hall–Kier alpha value is -1.52. The van der Waals surface area contributed by atoms with Crippen molar-refractivity contribution in [2.75, 3.05) is 26.8 Å². The van der Waals surface area contributed by atoms with Crippen molar-refractivity contribution in [1.29, 1.82) is 0 Å². The fourth-order valence-electron chi connectivity index (χ4n) is 2.39. The highest BCUT2D eigenvalue weighted by atomic mass is 16.5. The Balaban J connectivity index is 1.91. The summed E-state index contributed by atoms with van der Waals surface area (Å²) >= 11 is 0. The van der Waals surface area contributed by atoms with Gasteiger partial charge >= 0.3 is 0 Å². The molecule has 3 rings (SSSR count). The van der Waals surface area contributed by atoms with Gasteiger partial charge < -0.3 is 19.8 Å². The number of benzene rings is 1. The van der Waals surface area contributed by atoms with Gasteiger partial charge in [-0.05, 0) is 31.2 Å². The standard InChI is InChI=1S/C14H18N2O2/c1-17-11-3-2-10-8-13(16-12(10)9-11)14-4-5-15-6-7-18-14/h2-3,8-9,14-16H,4-7H2,1H3. The highest BCUT2D eigenvalue weighted by molar-refractivity contribution is 5.81. The Morgan fingerprint density at radius 1 is 1.28 bits per heavy atom. The average Bonchev–Trinajstić information content (AvgIpc) is 2.63. The van der Waals surface area contributed by atoms with Crippen LogP contribution in [0.5, 0.6) is 5.75 Å². The van der Waals surface area contributed by atoms with Gasteiger partial charge in [0, 0.05) is 29.2 Å². The Labute approximate surface area is 106 Å². The summed E-state index contributed by atoms with van der Waals surface area (Å²) in [5, 5.41) is 4.54. The number of hydrogen-bond acceptors (Lipinski definition) is 3. The number of fused-ring (bicyclic) bond motifs is 1. The van der Waals surface area contributed by atoms with Crippen LogP contribution < -0.4 is 10.1 Å². The minimum absolute atomic E-state index is 0.165. The van der Waals surface area contributed by atoms with E-state index in [9.17, 15) is 0 Å². The average molecular weight is 246 g/mol. The summed E-state index contributed by atoms with van der Waals surface area (Å²) < 4.78 is 11.1. The molecule has 1 aliphatic rings. The first-order chi connectivity index (χ1) is 8.86. The van der Waals surface area contributed by atoms with E-state index in [4.69, 9.17) is 9.47 Å². The third-order valence-electron chi connectivity index (χ3n) is 3.38. The lowest BCUT2D eigenvalue weighted by molar-refractivity contribution is 0.0619. The molecule has 0 radical (unpaired) electrons. The molecule has 1 saturated heterocycles. The quantitative estimate of drug-likeness (QED) is 0.854. The maximum Gasteiger partial charge on any atom is 0.120 e. The van der Waals surface area contributed by atoms with Gasteiger partial charge in [0.15, 0.2) is 0 Å². The fourth-order valence-corrected chi connectivity index (χ4v) is 2.39. The molecule has 1 aromatic carbocycles. The van der Waals surface area contributed by atoms with Gasteiger partial charge in [0.2, 0.25) is 0 Å². The molecular formula is C14H18N2O2. The Morgan fingerprint density at radius 2 is 2.22 bits per heavy atom. The number of aromatic nitrogens is 1. The van der Waals surface area contributed by atoms with Crippen molar-refractivity contribution in [1.82, 2.24) is 10.3 Å². The van der Waals surface area contributed by atoms with Gasteiger partial charge in [0.25, 0.3) is 0 Å². The van der Waals surface area contributed by atoms with Gasteiger partial charge in [-0.15, -0.1) is 0 Å². The zero-order chi connectivity index (χ0) is 12.4. The van der Waals surface area contributed by atoms with E-state index >= 15 is 0 Å². The van der Waals surface area contributed by atoms with E-state index in [0.29, 0.717) is 0 Å². The molecule has 2 N–H and O–H groups in total. The summed E-state index contributed by atoms with van der Waals surface area (Å²) in [4.78, 5) is 3.44. The number of methoxy groups -OCH3 is 1. The van der Waals surface area contributed by atoms with E-state index in [1.54, 1.807) is 7.11 Å². The van der Waals surface area contributed by atoms with Gasteiger partial charge in [-0.25, -0.2) is 0 Å². The highest BCUT2D eigenvalue weighted by Crippen LogP contribution is 2.27. The van der Waals surface area contributed by atoms with Crippen LogP contribution in [-0.4, -0.2) is 31.8 Å². The third-order valence-corrected chi connectivity index (χ3v) is 3.38. The van der Waals surface area contributed by atoms with Crippen molar-refractivity contribution >= 4 is 10.9 Å². The molecule has 2 aromatic rings. The second-order valence-electron chi connectivity index (χ2n) is 4.58. The van der Waals surface area contributed by atoms with E-state index in [1.165, 1.54) is 5.39 Å². The minimum atomic E-state index is 0.165. The first kappa shape index (κ1) is 11.6. The number of hydrogen-bond donors (Lipinski definition) is 2. The second kappa shape index (κ2) is 5.00. The number of H-pyrrole nitrogens is 1. The van der Waals surface area contributed by atoms with Gasteiger partial charge in [-0.2, -0.15) is 0 Å². The van der Waals surface area contributed by atoms with Crippen molar-refractivity contribution in [2.45, 2.75) is 12.5 Å². The van der Waals surface area contributed by atoms with Gasteiger partial charge in [0.1, 0.15) is 5.75 Å². The molecule has 1 aliphatic heterocycles. The summed E-state index contributed by atoms with van der Waals surface area (Å²) in [6.45, 7) is 2.71. The van der Waals surface area contributed by atoms with E-state index in [-0.39, 0.29) is 6.10 Å². The van der Waals surface area contributed by atoms with Crippen molar-refractivity contribution < 1.29 is 9.47 Å². The minimum Gasteiger partial charge on any atom is -0.497 e. The number of aromatic amines is 1. The predicted octanol–water partition coefficient (Wildman–Crippen LogP) is 2.23. The van der Waals surface area contributed by atoms with Crippen molar-refractivity contribution in [3.63, 3.8) is 0 Å². The predicted molar refractivity (Wildman–Crippen MR) is 71.0 cm³/mol. The molecule has 96 valence electrons. The normalized spacial score (nSPS) is 20.8. The third kappa shape index (κ3) is 2.21. The lowest BCUT2D eigenvalue weighted by Crippen LogP contribution is -2.16. The smallest absolute Gasteiger partial charge is 0.120 e. The van der Waals surface area contributed by atoms with Crippen molar-refractivity contribution in [3.8, 4) is 5.75 Å². The highest BCUT2D eigenvalue weighted by Gasteiger charge is 2.16. The summed E-state index contributed by atoms with van der Waals surface area (Å²) in [7, 11) is 1.69. The molecule has 2 heterocycles. The maximum atomic E-state index is 5.85. The van der Waals surface area contributed by atoms with Crippen LogP contribution in [0, 0.1) is 0 Å². The lowest BCUT2D eigenvalue weighted by Gasteiger charge is -2.12. The summed E-state index contributed by atoms with van der Waals surface area (Å²) in [5.41, 5.74) is 2.26. The summed E-state index contributed by atoms with van der Waals surface area (Å²) in [6.07, 6.45) is 1.17. The number of ether oxygens (including phenoxy) is 2. The summed E-state index contributed by atoms with van der Waals surface area (Å²) in [5.74, 6) is 0.874. The molecule has 4 nitrogen and oxygen atoms in total. The molecule has 18 heavy (non-hydrogen) atoms. The van der Waals surface area contributed by atoms with E-state index < -0.39 is 0 Å². The molecule has 1 fully saturated rings.